The van der Waals surface area contributed by atoms with Crippen molar-refractivity contribution in [2.24, 2.45) is 0 Å². The van der Waals surface area contributed by atoms with Gasteiger partial charge in [0, 0.05) is 25.9 Å². The van der Waals surface area contributed by atoms with Crippen molar-refractivity contribution in [2.75, 3.05) is 65.9 Å². The number of carbonyl (C=O) groups excluding carboxylic acids is 5. The molecule has 41 heavy (non-hydrogen) atoms. The van der Waals surface area contributed by atoms with Crippen LogP contribution in [-0.2, 0) is 52.5 Å². The SMILES string of the molecule is CC(=O)COCCOCCNC(=O)COCCOCCNC(=O)CC[C@H](NC(=O)CCC(NC=O)C(=O)O)C(=O)O. The second-order valence-corrected chi connectivity index (χ2v) is 8.44. The highest BCUT2D eigenvalue weighted by atomic mass is 16.5. The molecule has 0 heterocycles. The van der Waals surface area contributed by atoms with Gasteiger partial charge in [0.25, 0.3) is 0 Å². The molecule has 0 saturated carbocycles. The Labute approximate surface area is 237 Å². The van der Waals surface area contributed by atoms with Crippen LogP contribution >= 0.6 is 0 Å². The van der Waals surface area contributed by atoms with Crippen LogP contribution in [-0.4, -0.2) is 130 Å². The molecule has 0 radical (unpaired) electrons. The second kappa shape index (κ2) is 24.2. The normalized spacial score (nSPS) is 12.0. The maximum absolute atomic E-state index is 12.0. The molecule has 2 atom stereocenters. The molecular formula is C24H40N4O13. The van der Waals surface area contributed by atoms with E-state index in [2.05, 4.69) is 16.0 Å². The molecule has 1 unspecified atom stereocenters. The first-order valence-electron chi connectivity index (χ1n) is 12.8. The van der Waals surface area contributed by atoms with Crippen LogP contribution in [0.4, 0.5) is 0 Å². The molecule has 17 heteroatoms. The Bertz CT molecular complexity index is 840. The van der Waals surface area contributed by atoms with Crippen LogP contribution in [0.5, 0.6) is 0 Å². The van der Waals surface area contributed by atoms with Gasteiger partial charge in [-0.25, -0.2) is 9.59 Å². The Morgan fingerprint density at radius 2 is 1.15 bits per heavy atom. The van der Waals surface area contributed by atoms with Crippen molar-refractivity contribution in [3.8, 4) is 0 Å². The summed E-state index contributed by atoms with van der Waals surface area (Å²) >= 11 is 0. The number of amides is 4. The van der Waals surface area contributed by atoms with Gasteiger partial charge in [0.05, 0.1) is 39.6 Å². The third-order valence-corrected chi connectivity index (χ3v) is 4.94. The van der Waals surface area contributed by atoms with E-state index in [-0.39, 0.29) is 103 Å². The predicted molar refractivity (Wildman–Crippen MR) is 139 cm³/mol. The van der Waals surface area contributed by atoms with E-state index in [0.29, 0.717) is 6.61 Å². The number of hydrogen-bond donors (Lipinski definition) is 6. The Kier molecular flexibility index (Phi) is 22.0. The van der Waals surface area contributed by atoms with E-state index in [1.807, 2.05) is 5.32 Å². The Hall–Kier alpha value is -3.67. The molecule has 0 fully saturated rings. The molecule has 0 aliphatic rings. The molecule has 0 bridgehead atoms. The van der Waals surface area contributed by atoms with Gasteiger partial charge in [0.2, 0.25) is 24.1 Å². The van der Waals surface area contributed by atoms with Crippen LogP contribution in [0.1, 0.15) is 32.6 Å². The minimum Gasteiger partial charge on any atom is -0.480 e. The number of carboxylic acids is 2. The van der Waals surface area contributed by atoms with Crippen LogP contribution in [0.15, 0.2) is 0 Å². The number of aliphatic carboxylic acids is 2. The smallest absolute Gasteiger partial charge is 0.326 e. The van der Waals surface area contributed by atoms with Crippen molar-refractivity contribution >= 4 is 41.9 Å². The van der Waals surface area contributed by atoms with Gasteiger partial charge in [0.1, 0.15) is 25.3 Å². The fourth-order valence-electron chi connectivity index (χ4n) is 2.92. The number of Topliss-reactive ketones (excluding diaryl/α,β-unsaturated/α-hetero) is 1. The van der Waals surface area contributed by atoms with Gasteiger partial charge in [-0.3, -0.25) is 24.0 Å². The monoisotopic (exact) mass is 592 g/mol. The van der Waals surface area contributed by atoms with E-state index in [9.17, 15) is 38.7 Å². The third kappa shape index (κ3) is 22.8. The Balaban J connectivity index is 3.84. The van der Waals surface area contributed by atoms with Crippen LogP contribution in [0.3, 0.4) is 0 Å². The second-order valence-electron chi connectivity index (χ2n) is 8.44. The van der Waals surface area contributed by atoms with E-state index in [0.717, 1.165) is 0 Å². The summed E-state index contributed by atoms with van der Waals surface area (Å²) in [5.41, 5.74) is 0. The van der Waals surface area contributed by atoms with Gasteiger partial charge in [-0.1, -0.05) is 0 Å². The van der Waals surface area contributed by atoms with Gasteiger partial charge >= 0.3 is 11.9 Å². The maximum atomic E-state index is 12.0. The molecule has 0 spiro atoms. The summed E-state index contributed by atoms with van der Waals surface area (Å²) in [5.74, 6) is -4.28. The molecule has 6 N–H and O–H groups in total. The Morgan fingerprint density at radius 1 is 0.659 bits per heavy atom. The summed E-state index contributed by atoms with van der Waals surface area (Å²) in [4.78, 5) is 79.0. The van der Waals surface area contributed by atoms with Crippen molar-refractivity contribution in [3.63, 3.8) is 0 Å². The molecule has 0 rings (SSSR count). The molecular weight excluding hydrogens is 552 g/mol. The molecule has 0 aliphatic heterocycles. The lowest BCUT2D eigenvalue weighted by Crippen LogP contribution is -2.43. The van der Waals surface area contributed by atoms with Crippen LogP contribution in [0.25, 0.3) is 0 Å². The third-order valence-electron chi connectivity index (χ3n) is 4.94. The highest BCUT2D eigenvalue weighted by molar-refractivity contribution is 5.85. The van der Waals surface area contributed by atoms with Crippen LogP contribution in [0, 0.1) is 0 Å². The van der Waals surface area contributed by atoms with E-state index in [1.54, 1.807) is 0 Å². The van der Waals surface area contributed by atoms with Crippen molar-refractivity contribution in [1.82, 2.24) is 21.3 Å². The van der Waals surface area contributed by atoms with E-state index in [1.165, 1.54) is 6.92 Å². The van der Waals surface area contributed by atoms with Gasteiger partial charge in [-0.05, 0) is 19.8 Å². The Morgan fingerprint density at radius 3 is 1.68 bits per heavy atom. The number of carboxylic acid groups (broad SMARTS) is 2. The molecule has 234 valence electrons. The zero-order valence-electron chi connectivity index (χ0n) is 23.0. The molecule has 4 amide bonds. The van der Waals surface area contributed by atoms with Gasteiger partial charge in [0.15, 0.2) is 5.78 Å². The zero-order valence-corrected chi connectivity index (χ0v) is 23.0. The number of rotatable bonds is 27. The molecule has 0 saturated heterocycles. The molecule has 0 aromatic rings. The number of carbonyl (C=O) groups is 7. The van der Waals surface area contributed by atoms with Crippen molar-refractivity contribution in [3.05, 3.63) is 0 Å². The topological polar surface area (TPSA) is 245 Å². The summed E-state index contributed by atoms with van der Waals surface area (Å²) in [6.07, 6.45) is -0.771. The number of ketones is 1. The molecule has 0 aliphatic carbocycles. The quantitative estimate of drug-likeness (QED) is 0.0417. The van der Waals surface area contributed by atoms with Crippen molar-refractivity contribution in [2.45, 2.75) is 44.7 Å². The summed E-state index contributed by atoms with van der Waals surface area (Å²) in [5, 5.41) is 27.6. The zero-order chi connectivity index (χ0) is 30.9. The van der Waals surface area contributed by atoms with Crippen LogP contribution < -0.4 is 21.3 Å². The number of hydrogen-bond acceptors (Lipinski definition) is 11. The maximum Gasteiger partial charge on any atom is 0.326 e. The largest absolute Gasteiger partial charge is 0.480 e. The summed E-state index contributed by atoms with van der Waals surface area (Å²) in [6, 6.07) is -2.64. The average molecular weight is 593 g/mol. The van der Waals surface area contributed by atoms with E-state index < -0.39 is 35.8 Å². The highest BCUT2D eigenvalue weighted by Crippen LogP contribution is 2.02. The number of nitrogens with one attached hydrogen (secondary N) is 4. The predicted octanol–water partition coefficient (Wildman–Crippen LogP) is -2.80. The first-order chi connectivity index (χ1) is 19.6. The first kappa shape index (κ1) is 37.3. The molecule has 17 nitrogen and oxygen atoms in total. The van der Waals surface area contributed by atoms with E-state index >= 15 is 0 Å². The van der Waals surface area contributed by atoms with Crippen LogP contribution in [0.2, 0.25) is 0 Å². The summed E-state index contributed by atoms with van der Waals surface area (Å²) < 4.78 is 20.7. The van der Waals surface area contributed by atoms with Crippen molar-refractivity contribution < 1.29 is 62.7 Å². The fraction of sp³-hybridized carbons (Fsp3) is 0.708. The lowest BCUT2D eigenvalue weighted by molar-refractivity contribution is -0.143. The highest BCUT2D eigenvalue weighted by Gasteiger charge is 2.23. The van der Waals surface area contributed by atoms with Gasteiger partial charge in [-0.2, -0.15) is 0 Å². The lowest BCUT2D eigenvalue weighted by atomic mass is 10.1. The summed E-state index contributed by atoms with van der Waals surface area (Å²) in [7, 11) is 0. The first-order valence-corrected chi connectivity index (χ1v) is 12.8. The van der Waals surface area contributed by atoms with Gasteiger partial charge in [-0.15, -0.1) is 0 Å². The minimum absolute atomic E-state index is 0.0410. The molecule has 0 aromatic heterocycles. The lowest BCUT2D eigenvalue weighted by Gasteiger charge is -2.16. The van der Waals surface area contributed by atoms with Crippen molar-refractivity contribution in [1.29, 1.82) is 0 Å². The molecule has 0 aromatic carbocycles. The van der Waals surface area contributed by atoms with Gasteiger partial charge < -0.3 is 50.4 Å². The summed E-state index contributed by atoms with van der Waals surface area (Å²) in [6.45, 7) is 3.06. The average Bonchev–Trinajstić information content (AvgIpc) is 2.91. The fourth-order valence-corrected chi connectivity index (χ4v) is 2.92. The standard InChI is InChI=1S/C24H40N4O13/c1-17(30)14-40-12-10-39-9-7-26-22(33)15-41-13-11-38-8-6-25-20(31)4-3-19(24(36)37)28-21(32)5-2-18(23(34)35)27-16-29/h16,18-19H,2-15H2,1H3,(H,25,31)(H,26,33)(H,27,29)(H,28,32)(H,34,35)(H,36,37)/t18?,19-/m0/s1. The van der Waals surface area contributed by atoms with E-state index in [4.69, 9.17) is 24.1 Å². The minimum atomic E-state index is -1.36. The number of ether oxygens (including phenoxy) is 4.